The fourth-order valence-corrected chi connectivity index (χ4v) is 5.24. The first-order chi connectivity index (χ1) is 14.9. The van der Waals surface area contributed by atoms with Crippen LogP contribution in [0.25, 0.3) is 5.76 Å². The fraction of sp³-hybridized carbons (Fsp3) is 0.381. The molecule has 1 fully saturated rings. The smallest absolute Gasteiger partial charge is 0.255 e. The summed E-state index contributed by atoms with van der Waals surface area (Å²) in [7, 11) is 2.79. The molecule has 0 heterocycles. The molecule has 3 aliphatic rings. The molecule has 0 aromatic heterocycles. The summed E-state index contributed by atoms with van der Waals surface area (Å²) < 4.78 is 0. The van der Waals surface area contributed by atoms with Crippen molar-refractivity contribution in [1.29, 1.82) is 0 Å². The zero-order valence-corrected chi connectivity index (χ0v) is 17.1. The van der Waals surface area contributed by atoms with Crippen molar-refractivity contribution in [1.82, 2.24) is 4.90 Å². The zero-order valence-electron chi connectivity index (χ0n) is 17.1. The molecule has 0 spiro atoms. The van der Waals surface area contributed by atoms with Gasteiger partial charge in [0.05, 0.1) is 29.7 Å². The Hall–Kier alpha value is -3.25. The number of fused-ring (bicyclic) bond motifs is 3. The monoisotopic (exact) mass is 446 g/mol. The van der Waals surface area contributed by atoms with Gasteiger partial charge in [0.1, 0.15) is 22.8 Å². The van der Waals surface area contributed by atoms with E-state index < -0.39 is 81.6 Å². The SMILES string of the molecule is CN(C)[C@@H]1C(=O)C(C(N)=O)=C(O)[C@@]2(O)C(=O)C3=C(O)c4c(O)cccc4[C@H](O)[C@H]3[C@H](O)[C@@H]12. The van der Waals surface area contributed by atoms with Crippen molar-refractivity contribution in [3.8, 4) is 5.75 Å². The number of phenols is 1. The van der Waals surface area contributed by atoms with Gasteiger partial charge in [0.2, 0.25) is 5.78 Å². The number of rotatable bonds is 2. The van der Waals surface area contributed by atoms with Gasteiger partial charge in [-0.05, 0) is 25.7 Å². The van der Waals surface area contributed by atoms with Gasteiger partial charge in [-0.1, -0.05) is 12.1 Å². The molecule has 0 radical (unpaired) electrons. The van der Waals surface area contributed by atoms with Crippen LogP contribution in [0, 0.1) is 11.8 Å². The number of phenolic OH excluding ortho intramolecular Hbond substituents is 1. The summed E-state index contributed by atoms with van der Waals surface area (Å²) in [6.07, 6.45) is -3.44. The molecule has 1 amide bonds. The number of amides is 1. The normalized spacial score (nSPS) is 34.4. The number of aliphatic hydroxyl groups excluding tert-OH is 4. The Morgan fingerprint density at radius 3 is 2.31 bits per heavy atom. The molecule has 0 unspecified atom stereocenters. The third-order valence-electron chi connectivity index (χ3n) is 6.62. The van der Waals surface area contributed by atoms with Gasteiger partial charge in [0.25, 0.3) is 5.91 Å². The van der Waals surface area contributed by atoms with E-state index >= 15 is 0 Å². The van der Waals surface area contributed by atoms with Gasteiger partial charge < -0.3 is 36.4 Å². The van der Waals surface area contributed by atoms with Crippen molar-refractivity contribution in [2.24, 2.45) is 17.6 Å². The van der Waals surface area contributed by atoms with E-state index in [1.165, 1.54) is 37.2 Å². The minimum absolute atomic E-state index is 0.0228. The van der Waals surface area contributed by atoms with E-state index in [9.17, 15) is 45.0 Å². The predicted octanol–water partition coefficient (Wildman–Crippen LogP) is -1.57. The molecule has 11 heteroatoms. The maximum absolute atomic E-state index is 13.5. The van der Waals surface area contributed by atoms with E-state index in [1.54, 1.807) is 0 Å². The average molecular weight is 446 g/mol. The van der Waals surface area contributed by atoms with E-state index in [1.807, 2.05) is 0 Å². The van der Waals surface area contributed by atoms with Gasteiger partial charge in [-0.3, -0.25) is 19.3 Å². The van der Waals surface area contributed by atoms with Gasteiger partial charge in [0, 0.05) is 11.5 Å². The number of ketones is 2. The molecule has 4 rings (SSSR count). The topological polar surface area (TPSA) is 202 Å². The molecule has 1 aromatic rings. The summed E-state index contributed by atoms with van der Waals surface area (Å²) >= 11 is 0. The van der Waals surface area contributed by atoms with E-state index in [0.717, 1.165) is 0 Å². The number of hydrogen-bond acceptors (Lipinski definition) is 10. The molecular weight excluding hydrogens is 424 g/mol. The van der Waals surface area contributed by atoms with E-state index in [0.29, 0.717) is 0 Å². The van der Waals surface area contributed by atoms with E-state index in [4.69, 9.17) is 5.73 Å². The molecule has 0 aliphatic heterocycles. The molecule has 8 N–H and O–H groups in total. The van der Waals surface area contributed by atoms with Crippen LogP contribution in [0.2, 0.25) is 0 Å². The predicted molar refractivity (Wildman–Crippen MR) is 107 cm³/mol. The maximum atomic E-state index is 13.5. The lowest BCUT2D eigenvalue weighted by molar-refractivity contribution is -0.174. The van der Waals surface area contributed by atoms with Crippen LogP contribution >= 0.6 is 0 Å². The lowest BCUT2D eigenvalue weighted by atomic mass is 9.55. The summed E-state index contributed by atoms with van der Waals surface area (Å²) in [5.41, 5.74) is 0.311. The molecule has 1 saturated carbocycles. The van der Waals surface area contributed by atoms with Gasteiger partial charge in [-0.25, -0.2) is 0 Å². The van der Waals surface area contributed by atoms with Crippen LogP contribution in [-0.4, -0.2) is 84.9 Å². The average Bonchev–Trinajstić information content (AvgIpc) is 2.70. The van der Waals surface area contributed by atoms with Crippen LogP contribution in [0.5, 0.6) is 5.75 Å². The Balaban J connectivity index is 2.07. The first-order valence-corrected chi connectivity index (χ1v) is 9.70. The highest BCUT2D eigenvalue weighted by atomic mass is 16.4. The molecule has 0 saturated heterocycles. The first kappa shape index (κ1) is 22.0. The lowest BCUT2D eigenvalue weighted by Crippen LogP contribution is -2.70. The number of likely N-dealkylation sites (N-methyl/N-ethyl adjacent to an activating group) is 1. The number of hydrogen-bond donors (Lipinski definition) is 7. The summed E-state index contributed by atoms with van der Waals surface area (Å²) in [4.78, 5) is 39.7. The van der Waals surface area contributed by atoms with Crippen molar-refractivity contribution in [2.75, 3.05) is 14.1 Å². The number of primary amides is 1. The molecule has 11 nitrogen and oxygen atoms in total. The Bertz CT molecular complexity index is 1140. The number of nitrogens with zero attached hydrogens (tertiary/aromatic N) is 1. The highest BCUT2D eigenvalue weighted by molar-refractivity contribution is 6.24. The molecule has 170 valence electrons. The minimum atomic E-state index is -3.01. The van der Waals surface area contributed by atoms with Gasteiger partial charge in [-0.2, -0.15) is 0 Å². The number of aromatic hydroxyl groups is 1. The number of carbonyl (C=O) groups excluding carboxylic acids is 3. The van der Waals surface area contributed by atoms with Crippen molar-refractivity contribution in [2.45, 2.75) is 23.9 Å². The Kier molecular flexibility index (Phi) is 4.72. The molecular formula is C21H22N2O9. The van der Waals surface area contributed by atoms with Crippen molar-refractivity contribution < 1.29 is 45.0 Å². The third-order valence-corrected chi connectivity index (χ3v) is 6.62. The third kappa shape index (κ3) is 2.47. The van der Waals surface area contributed by atoms with Crippen LogP contribution in [0.1, 0.15) is 17.2 Å². The number of carbonyl (C=O) groups is 3. The van der Waals surface area contributed by atoms with Crippen LogP contribution < -0.4 is 5.73 Å². The standard InChI is InChI=1S/C21H22N2O9/c1-23(2)13-12-16(27)9-10(15(26)8-6(14(9)25)4-3-5-7(8)24)18(29)21(12,32)19(30)11(17(13)28)20(22)31/h3-5,9,12-14,16,24-27,30,32H,1-2H3,(H2,22,31)/t9-,12+,13-,14-,16-,21-/m0/s1. The van der Waals surface area contributed by atoms with Gasteiger partial charge in [0.15, 0.2) is 11.4 Å². The number of benzene rings is 1. The molecule has 6 atom stereocenters. The van der Waals surface area contributed by atoms with Crippen molar-refractivity contribution in [3.63, 3.8) is 0 Å². The Labute approximate surface area is 181 Å². The van der Waals surface area contributed by atoms with Gasteiger partial charge >= 0.3 is 0 Å². The number of nitrogens with two attached hydrogens (primary N) is 1. The van der Waals surface area contributed by atoms with Crippen LogP contribution in [0.3, 0.4) is 0 Å². The van der Waals surface area contributed by atoms with Crippen LogP contribution in [0.4, 0.5) is 0 Å². The number of Topliss-reactive ketones (excluding diaryl/α,β-unsaturated/α-hetero) is 2. The Morgan fingerprint density at radius 1 is 1.12 bits per heavy atom. The molecule has 3 aliphatic carbocycles. The molecule has 1 aromatic carbocycles. The summed E-state index contributed by atoms with van der Waals surface area (Å²) in [5.74, 6) is -9.56. The molecule has 0 bridgehead atoms. The highest BCUT2D eigenvalue weighted by Crippen LogP contribution is 2.55. The second-order valence-corrected chi connectivity index (χ2v) is 8.45. The largest absolute Gasteiger partial charge is 0.508 e. The summed E-state index contributed by atoms with van der Waals surface area (Å²) in [6, 6.07) is 2.50. The lowest BCUT2D eigenvalue weighted by Gasteiger charge is -2.53. The van der Waals surface area contributed by atoms with Crippen molar-refractivity contribution >= 4 is 23.2 Å². The summed E-state index contributed by atoms with van der Waals surface area (Å²) in [5, 5.41) is 65.3. The van der Waals surface area contributed by atoms with Crippen LogP contribution in [0.15, 0.2) is 35.1 Å². The van der Waals surface area contributed by atoms with E-state index in [2.05, 4.69) is 0 Å². The van der Waals surface area contributed by atoms with Crippen LogP contribution in [-0.2, 0) is 14.4 Å². The van der Waals surface area contributed by atoms with Gasteiger partial charge in [-0.15, -0.1) is 0 Å². The van der Waals surface area contributed by atoms with Crippen molar-refractivity contribution in [3.05, 3.63) is 46.2 Å². The quantitative estimate of drug-likeness (QED) is 0.260. The first-order valence-electron chi connectivity index (χ1n) is 9.70. The highest BCUT2D eigenvalue weighted by Gasteiger charge is 2.68. The number of aliphatic hydroxyl groups is 5. The minimum Gasteiger partial charge on any atom is -0.508 e. The Morgan fingerprint density at radius 2 is 1.75 bits per heavy atom. The van der Waals surface area contributed by atoms with E-state index in [-0.39, 0.29) is 11.1 Å². The fourth-order valence-electron chi connectivity index (χ4n) is 5.24. The summed E-state index contributed by atoms with van der Waals surface area (Å²) in [6.45, 7) is 0. The molecule has 32 heavy (non-hydrogen) atoms. The maximum Gasteiger partial charge on any atom is 0.255 e. The second kappa shape index (κ2) is 6.87. The zero-order chi connectivity index (χ0) is 23.9. The second-order valence-electron chi connectivity index (χ2n) is 8.45.